The van der Waals surface area contributed by atoms with Gasteiger partial charge in [-0.3, -0.25) is 14.4 Å². The molecule has 1 aliphatic heterocycles. The molecular weight excluding hydrogens is 344 g/mol. The van der Waals surface area contributed by atoms with E-state index in [1.54, 1.807) is 4.68 Å². The summed E-state index contributed by atoms with van der Waals surface area (Å²) in [5.41, 5.74) is 3.14. The van der Waals surface area contributed by atoms with Gasteiger partial charge in [-0.05, 0) is 37.3 Å². The lowest BCUT2D eigenvalue weighted by Crippen LogP contribution is -2.35. The van der Waals surface area contributed by atoms with Gasteiger partial charge in [-0.15, -0.1) is 11.3 Å². The van der Waals surface area contributed by atoms with Crippen LogP contribution in [0, 0.1) is 13.8 Å². The number of amides is 1. The molecule has 0 aromatic carbocycles. The molecule has 0 bridgehead atoms. The van der Waals surface area contributed by atoms with Crippen molar-refractivity contribution >= 4 is 28.8 Å². The summed E-state index contributed by atoms with van der Waals surface area (Å²) in [6.07, 6.45) is 0.979. The summed E-state index contributed by atoms with van der Waals surface area (Å²) in [6, 6.07) is 2.01. The molecule has 7 heteroatoms. The monoisotopic (exact) mass is 366 g/mol. The van der Waals surface area contributed by atoms with Crippen LogP contribution in [-0.2, 0) is 13.6 Å². The minimum atomic E-state index is 0.167. The summed E-state index contributed by atoms with van der Waals surface area (Å²) in [7, 11) is 1.87. The quantitative estimate of drug-likeness (QED) is 0.838. The number of hydrogen-bond donors (Lipinski definition) is 0. The number of aromatic nitrogens is 2. The Labute approximate surface area is 151 Å². The molecule has 2 aromatic heterocycles. The number of aryl methyl sites for hydroxylation is 3. The van der Waals surface area contributed by atoms with Gasteiger partial charge in [0.15, 0.2) is 0 Å². The third kappa shape index (κ3) is 3.50. The van der Waals surface area contributed by atoms with Gasteiger partial charge in [0.25, 0.3) is 5.91 Å². The van der Waals surface area contributed by atoms with E-state index >= 15 is 0 Å². The SMILES string of the molecule is Cc1ccsc1C(=O)N1CCCN(Cc2c(C)nn(C)c2Cl)CC1. The maximum atomic E-state index is 12.7. The first kappa shape index (κ1) is 17.5. The molecule has 2 aromatic rings. The van der Waals surface area contributed by atoms with E-state index in [0.717, 1.165) is 60.8 Å². The normalized spacial score (nSPS) is 16.4. The Morgan fingerprint density at radius 1 is 1.29 bits per heavy atom. The molecule has 0 unspecified atom stereocenters. The van der Waals surface area contributed by atoms with Crippen LogP contribution in [0.2, 0.25) is 5.15 Å². The van der Waals surface area contributed by atoms with Crippen molar-refractivity contribution in [2.75, 3.05) is 26.2 Å². The van der Waals surface area contributed by atoms with Gasteiger partial charge in [0.2, 0.25) is 0 Å². The Bertz CT molecular complexity index is 739. The van der Waals surface area contributed by atoms with Crippen molar-refractivity contribution in [3.05, 3.63) is 38.3 Å². The zero-order valence-corrected chi connectivity index (χ0v) is 16.0. The second-order valence-corrected chi connectivity index (χ2v) is 7.61. The summed E-state index contributed by atoms with van der Waals surface area (Å²) in [4.78, 5) is 17.9. The molecule has 1 fully saturated rings. The maximum absolute atomic E-state index is 12.7. The minimum Gasteiger partial charge on any atom is -0.337 e. The fourth-order valence-corrected chi connectivity index (χ4v) is 4.27. The third-order valence-corrected chi connectivity index (χ3v) is 6.06. The Morgan fingerprint density at radius 2 is 2.08 bits per heavy atom. The Hall–Kier alpha value is -1.37. The average Bonchev–Trinajstić information content (AvgIpc) is 2.96. The highest BCUT2D eigenvalue weighted by Crippen LogP contribution is 2.22. The molecule has 0 N–H and O–H groups in total. The van der Waals surface area contributed by atoms with Crippen molar-refractivity contribution in [1.82, 2.24) is 19.6 Å². The number of rotatable bonds is 3. The molecule has 0 atom stereocenters. The van der Waals surface area contributed by atoms with Crippen LogP contribution in [0.15, 0.2) is 11.4 Å². The van der Waals surface area contributed by atoms with Crippen molar-refractivity contribution in [2.24, 2.45) is 7.05 Å². The first-order chi connectivity index (χ1) is 11.5. The molecular formula is C17H23ClN4OS. The van der Waals surface area contributed by atoms with Gasteiger partial charge in [0.05, 0.1) is 10.6 Å². The molecule has 1 aliphatic rings. The molecule has 1 amide bonds. The molecule has 0 aliphatic carbocycles. The number of hydrogen-bond acceptors (Lipinski definition) is 4. The highest BCUT2D eigenvalue weighted by atomic mass is 35.5. The first-order valence-corrected chi connectivity index (χ1v) is 9.47. The van der Waals surface area contributed by atoms with E-state index in [2.05, 4.69) is 10.00 Å². The van der Waals surface area contributed by atoms with E-state index in [0.29, 0.717) is 5.15 Å². The van der Waals surface area contributed by atoms with Gasteiger partial charge in [-0.25, -0.2) is 0 Å². The zero-order valence-electron chi connectivity index (χ0n) is 14.4. The van der Waals surface area contributed by atoms with Crippen LogP contribution in [-0.4, -0.2) is 51.7 Å². The molecule has 0 saturated carbocycles. The van der Waals surface area contributed by atoms with Crippen molar-refractivity contribution in [1.29, 1.82) is 0 Å². The lowest BCUT2D eigenvalue weighted by molar-refractivity contribution is 0.0765. The van der Waals surface area contributed by atoms with Crippen LogP contribution >= 0.6 is 22.9 Å². The number of nitrogens with zero attached hydrogens (tertiary/aromatic N) is 4. The van der Waals surface area contributed by atoms with E-state index in [9.17, 15) is 4.79 Å². The predicted octanol–water partition coefficient (Wildman–Crippen LogP) is 3.10. The number of carbonyl (C=O) groups excluding carboxylic acids is 1. The zero-order chi connectivity index (χ0) is 17.3. The van der Waals surface area contributed by atoms with Crippen LogP contribution in [0.5, 0.6) is 0 Å². The van der Waals surface area contributed by atoms with Crippen LogP contribution in [0.3, 0.4) is 0 Å². The van der Waals surface area contributed by atoms with E-state index in [4.69, 9.17) is 11.6 Å². The van der Waals surface area contributed by atoms with Crippen LogP contribution < -0.4 is 0 Å². The van der Waals surface area contributed by atoms with Crippen LogP contribution in [0.1, 0.15) is 32.9 Å². The molecule has 0 spiro atoms. The third-order valence-electron chi connectivity index (χ3n) is 4.58. The van der Waals surface area contributed by atoms with Crippen molar-refractivity contribution < 1.29 is 4.79 Å². The van der Waals surface area contributed by atoms with E-state index < -0.39 is 0 Å². The Kier molecular flexibility index (Phi) is 5.27. The number of carbonyl (C=O) groups is 1. The van der Waals surface area contributed by atoms with Crippen LogP contribution in [0.4, 0.5) is 0 Å². The molecule has 3 rings (SSSR count). The highest BCUT2D eigenvalue weighted by Gasteiger charge is 2.23. The topological polar surface area (TPSA) is 41.4 Å². The standard InChI is InChI=1S/C17H23ClN4OS/c1-12-5-10-24-15(12)17(23)22-7-4-6-21(8-9-22)11-14-13(2)19-20(3)16(14)18/h5,10H,4,6-9,11H2,1-3H3. The Balaban J connectivity index is 1.65. The van der Waals surface area contributed by atoms with E-state index in [1.165, 1.54) is 11.3 Å². The largest absolute Gasteiger partial charge is 0.337 e. The molecule has 0 radical (unpaired) electrons. The maximum Gasteiger partial charge on any atom is 0.264 e. The summed E-state index contributed by atoms with van der Waals surface area (Å²) in [6.45, 7) is 8.19. The lowest BCUT2D eigenvalue weighted by atomic mass is 10.2. The van der Waals surface area contributed by atoms with Gasteiger partial charge in [-0.2, -0.15) is 5.10 Å². The first-order valence-electron chi connectivity index (χ1n) is 8.21. The summed E-state index contributed by atoms with van der Waals surface area (Å²) >= 11 is 7.88. The molecule has 24 heavy (non-hydrogen) atoms. The number of thiophene rings is 1. The second kappa shape index (κ2) is 7.25. The van der Waals surface area contributed by atoms with Gasteiger partial charge >= 0.3 is 0 Å². The molecule has 3 heterocycles. The lowest BCUT2D eigenvalue weighted by Gasteiger charge is -2.22. The van der Waals surface area contributed by atoms with Crippen molar-refractivity contribution in [3.8, 4) is 0 Å². The summed E-state index contributed by atoms with van der Waals surface area (Å²) in [5, 5.41) is 7.07. The summed E-state index contributed by atoms with van der Waals surface area (Å²) < 4.78 is 1.72. The van der Waals surface area contributed by atoms with E-state index in [-0.39, 0.29) is 5.91 Å². The number of halogens is 1. The minimum absolute atomic E-state index is 0.167. The summed E-state index contributed by atoms with van der Waals surface area (Å²) in [5.74, 6) is 0.167. The van der Waals surface area contributed by atoms with Gasteiger partial charge in [-0.1, -0.05) is 11.6 Å². The van der Waals surface area contributed by atoms with Crippen molar-refractivity contribution in [2.45, 2.75) is 26.8 Å². The van der Waals surface area contributed by atoms with Gasteiger partial charge in [0.1, 0.15) is 5.15 Å². The molecule has 130 valence electrons. The average molecular weight is 367 g/mol. The molecule has 5 nitrogen and oxygen atoms in total. The fraction of sp³-hybridized carbons (Fsp3) is 0.529. The highest BCUT2D eigenvalue weighted by molar-refractivity contribution is 7.12. The van der Waals surface area contributed by atoms with Gasteiger partial charge < -0.3 is 4.90 Å². The van der Waals surface area contributed by atoms with E-state index in [1.807, 2.05) is 37.2 Å². The Morgan fingerprint density at radius 3 is 2.71 bits per heavy atom. The van der Waals surface area contributed by atoms with Crippen LogP contribution in [0.25, 0.3) is 0 Å². The fourth-order valence-electron chi connectivity index (χ4n) is 3.14. The molecule has 1 saturated heterocycles. The smallest absolute Gasteiger partial charge is 0.264 e. The predicted molar refractivity (Wildman–Crippen MR) is 97.8 cm³/mol. The second-order valence-electron chi connectivity index (χ2n) is 6.33. The van der Waals surface area contributed by atoms with Gasteiger partial charge in [0, 0.05) is 45.3 Å². The van der Waals surface area contributed by atoms with Crippen molar-refractivity contribution in [3.63, 3.8) is 0 Å².